The van der Waals surface area contributed by atoms with Crippen LogP contribution in [-0.2, 0) is 14.9 Å². The summed E-state index contributed by atoms with van der Waals surface area (Å²) in [6.07, 6.45) is 0.447. The molecule has 2 atom stereocenters. The van der Waals surface area contributed by atoms with Crippen LogP contribution in [0, 0.1) is 17.1 Å². The van der Waals surface area contributed by atoms with Crippen molar-refractivity contribution in [3.05, 3.63) is 65.5 Å². The minimum Gasteiger partial charge on any atom is -0.492 e. The number of hydrogen-bond donors (Lipinski definition) is 0. The lowest BCUT2D eigenvalue weighted by atomic mass is 9.96. The third-order valence-corrected chi connectivity index (χ3v) is 7.77. The quantitative estimate of drug-likeness (QED) is 0.682. The maximum Gasteiger partial charge on any atom is 0.282 e. The van der Waals surface area contributed by atoms with E-state index in [0.717, 1.165) is 0 Å². The van der Waals surface area contributed by atoms with Gasteiger partial charge in [0.05, 0.1) is 30.9 Å². The molecule has 0 aromatic heterocycles. The molecule has 2 fully saturated rings. The van der Waals surface area contributed by atoms with E-state index in [1.54, 1.807) is 42.5 Å². The standard InChI is InChI=1S/C22H24FN3O4S/c23-22-7-2-1-6-21(22)18-13-19(16-30-20-5-3-4-17(12-20)14-24)26(15-18)31(27,28)25-8-10-29-11-9-25/h1-7,12,18-19H,8-11,13,15-16H2. The molecular weight excluding hydrogens is 421 g/mol. The van der Waals surface area contributed by atoms with Crippen molar-refractivity contribution < 1.29 is 22.3 Å². The topological polar surface area (TPSA) is 82.9 Å². The number of halogens is 1. The van der Waals surface area contributed by atoms with Crippen LogP contribution in [0.5, 0.6) is 5.75 Å². The first-order chi connectivity index (χ1) is 15.0. The molecule has 0 spiro atoms. The monoisotopic (exact) mass is 445 g/mol. The van der Waals surface area contributed by atoms with Crippen LogP contribution in [0.15, 0.2) is 48.5 Å². The van der Waals surface area contributed by atoms with E-state index in [4.69, 9.17) is 14.7 Å². The maximum atomic E-state index is 14.4. The van der Waals surface area contributed by atoms with Gasteiger partial charge in [0.25, 0.3) is 10.2 Å². The third-order valence-electron chi connectivity index (χ3n) is 5.71. The summed E-state index contributed by atoms with van der Waals surface area (Å²) in [6, 6.07) is 14.8. The van der Waals surface area contributed by atoms with Crippen molar-refractivity contribution in [3.63, 3.8) is 0 Å². The van der Waals surface area contributed by atoms with Gasteiger partial charge in [-0.25, -0.2) is 4.39 Å². The minimum atomic E-state index is -3.75. The summed E-state index contributed by atoms with van der Waals surface area (Å²) in [6.45, 7) is 1.59. The first-order valence-electron chi connectivity index (χ1n) is 10.2. The van der Waals surface area contributed by atoms with Gasteiger partial charge in [0.1, 0.15) is 18.2 Å². The minimum absolute atomic E-state index is 0.114. The van der Waals surface area contributed by atoms with Crippen molar-refractivity contribution in [2.75, 3.05) is 39.5 Å². The van der Waals surface area contributed by atoms with E-state index in [0.29, 0.717) is 49.6 Å². The Balaban J connectivity index is 1.57. The Morgan fingerprint density at radius 1 is 1.16 bits per heavy atom. The SMILES string of the molecule is N#Cc1cccc(OCC2CC(c3ccccc3F)CN2S(=O)(=O)N2CCOCC2)c1. The molecule has 0 saturated carbocycles. The van der Waals surface area contributed by atoms with E-state index in [-0.39, 0.29) is 24.9 Å². The van der Waals surface area contributed by atoms with Crippen LogP contribution in [0.2, 0.25) is 0 Å². The van der Waals surface area contributed by atoms with Crippen molar-refractivity contribution in [1.29, 1.82) is 5.26 Å². The van der Waals surface area contributed by atoms with Crippen LogP contribution < -0.4 is 4.74 Å². The van der Waals surface area contributed by atoms with Gasteiger partial charge < -0.3 is 9.47 Å². The van der Waals surface area contributed by atoms with E-state index in [9.17, 15) is 12.8 Å². The summed E-state index contributed by atoms with van der Waals surface area (Å²) >= 11 is 0. The molecule has 9 heteroatoms. The number of rotatable bonds is 6. The molecule has 0 bridgehead atoms. The summed E-state index contributed by atoms with van der Waals surface area (Å²) in [4.78, 5) is 0. The van der Waals surface area contributed by atoms with Crippen molar-refractivity contribution in [2.45, 2.75) is 18.4 Å². The lowest BCUT2D eigenvalue weighted by Gasteiger charge is -2.32. The first kappa shape index (κ1) is 21.7. The van der Waals surface area contributed by atoms with Crippen LogP contribution in [-0.4, -0.2) is 62.5 Å². The summed E-state index contributed by atoms with van der Waals surface area (Å²) < 4.78 is 55.2. The second-order valence-corrected chi connectivity index (χ2v) is 9.53. The number of hydrogen-bond acceptors (Lipinski definition) is 5. The normalized spacial score (nSPS) is 22.8. The van der Waals surface area contributed by atoms with E-state index in [1.165, 1.54) is 14.7 Å². The van der Waals surface area contributed by atoms with Crippen LogP contribution in [0.25, 0.3) is 0 Å². The van der Waals surface area contributed by atoms with E-state index >= 15 is 0 Å². The molecule has 0 amide bonds. The van der Waals surface area contributed by atoms with E-state index in [2.05, 4.69) is 6.07 Å². The second-order valence-electron chi connectivity index (χ2n) is 7.65. The van der Waals surface area contributed by atoms with Crippen molar-refractivity contribution in [1.82, 2.24) is 8.61 Å². The van der Waals surface area contributed by atoms with Gasteiger partial charge in [0, 0.05) is 25.6 Å². The molecule has 2 saturated heterocycles. The second kappa shape index (κ2) is 9.32. The van der Waals surface area contributed by atoms with Gasteiger partial charge in [0.15, 0.2) is 0 Å². The first-order valence-corrected chi connectivity index (χ1v) is 11.6. The Kier molecular flexibility index (Phi) is 6.53. The molecule has 7 nitrogen and oxygen atoms in total. The summed E-state index contributed by atoms with van der Waals surface area (Å²) in [5, 5.41) is 9.08. The number of nitriles is 1. The van der Waals surface area contributed by atoms with Crippen LogP contribution in [0.4, 0.5) is 4.39 Å². The average molecular weight is 446 g/mol. The Bertz CT molecular complexity index is 1070. The lowest BCUT2D eigenvalue weighted by Crippen LogP contribution is -2.51. The van der Waals surface area contributed by atoms with Crippen molar-refractivity contribution >= 4 is 10.2 Å². The molecule has 2 heterocycles. The molecular formula is C22H24FN3O4S. The van der Waals surface area contributed by atoms with Gasteiger partial charge in [-0.05, 0) is 36.2 Å². The largest absolute Gasteiger partial charge is 0.492 e. The smallest absolute Gasteiger partial charge is 0.282 e. The highest BCUT2D eigenvalue weighted by Crippen LogP contribution is 2.36. The molecule has 2 aromatic rings. The Hall–Kier alpha value is -2.51. The predicted molar refractivity (Wildman–Crippen MR) is 112 cm³/mol. The third kappa shape index (κ3) is 4.72. The molecule has 4 rings (SSSR count). The fraction of sp³-hybridized carbons (Fsp3) is 0.409. The number of ether oxygens (including phenoxy) is 2. The molecule has 164 valence electrons. The fourth-order valence-corrected chi connectivity index (χ4v) is 5.92. The molecule has 2 aromatic carbocycles. The van der Waals surface area contributed by atoms with Gasteiger partial charge in [0.2, 0.25) is 0 Å². The Labute approximate surface area is 181 Å². The van der Waals surface area contributed by atoms with Crippen LogP contribution in [0.3, 0.4) is 0 Å². The highest BCUT2D eigenvalue weighted by Gasteiger charge is 2.43. The highest BCUT2D eigenvalue weighted by atomic mass is 32.2. The summed E-state index contributed by atoms with van der Waals surface area (Å²) in [5.74, 6) is -0.104. The van der Waals surface area contributed by atoms with Gasteiger partial charge in [-0.2, -0.15) is 22.3 Å². The van der Waals surface area contributed by atoms with Gasteiger partial charge in [-0.15, -0.1) is 0 Å². The van der Waals surface area contributed by atoms with Crippen molar-refractivity contribution in [2.24, 2.45) is 0 Å². The van der Waals surface area contributed by atoms with Crippen molar-refractivity contribution in [3.8, 4) is 11.8 Å². The zero-order valence-corrected chi connectivity index (χ0v) is 17.8. The predicted octanol–water partition coefficient (Wildman–Crippen LogP) is 2.51. The Morgan fingerprint density at radius 3 is 2.68 bits per heavy atom. The summed E-state index contributed by atoms with van der Waals surface area (Å²) in [7, 11) is -3.75. The summed E-state index contributed by atoms with van der Waals surface area (Å²) in [5.41, 5.74) is 0.976. The van der Waals surface area contributed by atoms with Crippen LogP contribution in [0.1, 0.15) is 23.5 Å². The van der Waals surface area contributed by atoms with E-state index < -0.39 is 16.3 Å². The fourth-order valence-electron chi connectivity index (χ4n) is 4.13. The Morgan fingerprint density at radius 2 is 1.94 bits per heavy atom. The van der Waals surface area contributed by atoms with Gasteiger partial charge in [-0.1, -0.05) is 24.3 Å². The molecule has 0 radical (unpaired) electrons. The number of morpholine rings is 1. The molecule has 2 aliphatic rings. The van der Waals surface area contributed by atoms with E-state index in [1.807, 2.05) is 0 Å². The zero-order chi connectivity index (χ0) is 21.8. The molecule has 2 aliphatic heterocycles. The number of benzene rings is 2. The molecule has 31 heavy (non-hydrogen) atoms. The van der Waals surface area contributed by atoms with Gasteiger partial charge in [-0.3, -0.25) is 0 Å². The lowest BCUT2D eigenvalue weighted by molar-refractivity contribution is 0.0693. The molecule has 0 aliphatic carbocycles. The number of nitrogens with zero attached hydrogens (tertiary/aromatic N) is 3. The van der Waals surface area contributed by atoms with Gasteiger partial charge >= 0.3 is 0 Å². The molecule has 2 unspecified atom stereocenters. The zero-order valence-electron chi connectivity index (χ0n) is 17.0. The van der Waals surface area contributed by atoms with Crippen LogP contribution >= 0.6 is 0 Å². The molecule has 0 N–H and O–H groups in total. The average Bonchev–Trinajstić information content (AvgIpc) is 3.23. The maximum absolute atomic E-state index is 14.4. The highest BCUT2D eigenvalue weighted by molar-refractivity contribution is 7.86.